The molecule has 0 fully saturated rings. The number of carbonyl (C=O) groups excluding carboxylic acids is 2. The van der Waals surface area contributed by atoms with Crippen LogP contribution in [0.25, 0.3) is 5.57 Å². The minimum atomic E-state index is -0.573. The van der Waals surface area contributed by atoms with Crippen LogP contribution in [-0.4, -0.2) is 23.6 Å². The maximum Gasteiger partial charge on any atom is 0.315 e. The fourth-order valence-corrected chi connectivity index (χ4v) is 2.49. The van der Waals surface area contributed by atoms with Gasteiger partial charge in [-0.1, -0.05) is 35.5 Å². The van der Waals surface area contributed by atoms with E-state index >= 15 is 0 Å². The second-order valence-electron chi connectivity index (χ2n) is 6.99. The maximum atomic E-state index is 12.2. The highest BCUT2D eigenvalue weighted by atomic mass is 16.5. The van der Waals surface area contributed by atoms with Gasteiger partial charge in [-0.3, -0.25) is 4.79 Å². The number of hydrogen-bond acceptors (Lipinski definition) is 4. The quantitative estimate of drug-likeness (QED) is 0.694. The zero-order valence-corrected chi connectivity index (χ0v) is 16.2. The minimum absolute atomic E-state index is 0.130. The second kappa shape index (κ2) is 8.53. The van der Waals surface area contributed by atoms with Gasteiger partial charge in [-0.05, 0) is 44.9 Å². The molecule has 0 aliphatic heterocycles. The number of nitrogens with one attached hydrogen (secondary N) is 3. The highest BCUT2D eigenvalue weighted by Crippen LogP contribution is 2.23. The first-order valence-corrected chi connectivity index (χ1v) is 8.73. The summed E-state index contributed by atoms with van der Waals surface area (Å²) in [7, 11) is 0. The summed E-state index contributed by atoms with van der Waals surface area (Å²) in [6.07, 6.45) is 0.130. The number of amides is 3. The van der Waals surface area contributed by atoms with E-state index in [0.717, 1.165) is 16.7 Å². The fourth-order valence-electron chi connectivity index (χ4n) is 2.49. The van der Waals surface area contributed by atoms with E-state index in [2.05, 4.69) is 27.7 Å². The number of nitrogens with zero attached hydrogens (tertiary/aromatic N) is 1. The first-order chi connectivity index (χ1) is 12.7. The normalized spacial score (nSPS) is 11.0. The van der Waals surface area contributed by atoms with Crippen molar-refractivity contribution in [1.29, 1.82) is 0 Å². The molecule has 144 valence electrons. The van der Waals surface area contributed by atoms with Crippen LogP contribution >= 0.6 is 0 Å². The highest BCUT2D eigenvalue weighted by molar-refractivity contribution is 5.90. The zero-order chi connectivity index (χ0) is 20.0. The highest BCUT2D eigenvalue weighted by Gasteiger charge is 2.23. The summed E-state index contributed by atoms with van der Waals surface area (Å²) < 4.78 is 4.88. The summed E-state index contributed by atoms with van der Waals surface area (Å²) in [5.74, 6) is 0.721. The molecular weight excluding hydrogens is 344 g/mol. The van der Waals surface area contributed by atoms with E-state index in [4.69, 9.17) is 4.52 Å². The lowest BCUT2D eigenvalue weighted by Crippen LogP contribution is -2.47. The van der Waals surface area contributed by atoms with E-state index in [1.807, 2.05) is 45.0 Å². The minimum Gasteiger partial charge on any atom is -0.360 e. The lowest BCUT2D eigenvalue weighted by atomic mass is 9.92. The van der Waals surface area contributed by atoms with Crippen LogP contribution in [0.15, 0.2) is 41.4 Å². The van der Waals surface area contributed by atoms with Gasteiger partial charge in [0.05, 0.1) is 5.54 Å². The topological polar surface area (TPSA) is 96.3 Å². The molecule has 3 N–H and O–H groups in total. The number of rotatable bonds is 7. The van der Waals surface area contributed by atoms with Crippen LogP contribution in [0.4, 0.5) is 10.6 Å². The van der Waals surface area contributed by atoms with Crippen LogP contribution in [0.5, 0.6) is 0 Å². The summed E-state index contributed by atoms with van der Waals surface area (Å²) in [4.78, 5) is 24.0. The lowest BCUT2D eigenvalue weighted by molar-refractivity contribution is -0.116. The van der Waals surface area contributed by atoms with Crippen LogP contribution in [0.1, 0.15) is 44.1 Å². The molecule has 7 heteroatoms. The molecule has 0 aliphatic carbocycles. The third-order valence-electron chi connectivity index (χ3n) is 4.04. The van der Waals surface area contributed by atoms with Gasteiger partial charge in [0.15, 0.2) is 5.82 Å². The Kier molecular flexibility index (Phi) is 6.39. The molecule has 2 aromatic rings. The van der Waals surface area contributed by atoms with Gasteiger partial charge in [-0.25, -0.2) is 4.79 Å². The number of carbonyl (C=O) groups is 2. The standard InChI is InChI=1S/C20H26N4O3/c1-13(2)15-7-6-8-16(12-15)20(4,5)23-19(26)21-10-9-18(25)22-17-11-14(3)27-24-17/h6-8,11-12H,1,9-10H2,2-5H3,(H2,21,23,26)(H,22,24,25). The fraction of sp³-hybridized carbons (Fsp3) is 0.350. The first kappa shape index (κ1) is 20.2. The predicted molar refractivity (Wildman–Crippen MR) is 105 cm³/mol. The molecule has 0 saturated carbocycles. The molecule has 0 spiro atoms. The van der Waals surface area contributed by atoms with E-state index in [1.165, 1.54) is 0 Å². The van der Waals surface area contributed by atoms with E-state index < -0.39 is 5.54 Å². The molecule has 27 heavy (non-hydrogen) atoms. The number of urea groups is 1. The van der Waals surface area contributed by atoms with Crippen molar-refractivity contribution in [3.8, 4) is 0 Å². The Morgan fingerprint density at radius 3 is 2.63 bits per heavy atom. The van der Waals surface area contributed by atoms with Gasteiger partial charge in [0, 0.05) is 19.0 Å². The van der Waals surface area contributed by atoms with Crippen LogP contribution < -0.4 is 16.0 Å². The van der Waals surface area contributed by atoms with Crippen molar-refractivity contribution < 1.29 is 14.1 Å². The van der Waals surface area contributed by atoms with Gasteiger partial charge in [0.2, 0.25) is 5.91 Å². The average molecular weight is 370 g/mol. The molecule has 0 atom stereocenters. The van der Waals surface area contributed by atoms with E-state index in [1.54, 1.807) is 13.0 Å². The molecule has 7 nitrogen and oxygen atoms in total. The van der Waals surface area contributed by atoms with Gasteiger partial charge < -0.3 is 20.5 Å². The van der Waals surface area contributed by atoms with Gasteiger partial charge in [0.1, 0.15) is 5.76 Å². The molecule has 0 unspecified atom stereocenters. The number of aromatic nitrogens is 1. The molecule has 2 rings (SSSR count). The van der Waals surface area contributed by atoms with Crippen LogP contribution in [-0.2, 0) is 10.3 Å². The van der Waals surface area contributed by atoms with Crippen molar-refractivity contribution in [2.24, 2.45) is 0 Å². The lowest BCUT2D eigenvalue weighted by Gasteiger charge is -2.27. The van der Waals surface area contributed by atoms with Crippen LogP contribution in [0, 0.1) is 6.92 Å². The van der Waals surface area contributed by atoms with Crippen molar-refractivity contribution in [3.63, 3.8) is 0 Å². The number of benzene rings is 1. The number of anilines is 1. The Balaban J connectivity index is 1.82. The molecule has 0 aliphatic rings. The molecule has 1 aromatic carbocycles. The Morgan fingerprint density at radius 1 is 1.26 bits per heavy atom. The molecule has 1 aromatic heterocycles. The number of aryl methyl sites for hydroxylation is 1. The Morgan fingerprint density at radius 2 is 2.00 bits per heavy atom. The van der Waals surface area contributed by atoms with E-state index in [-0.39, 0.29) is 24.9 Å². The average Bonchev–Trinajstić information content (AvgIpc) is 2.99. The molecule has 0 bridgehead atoms. The van der Waals surface area contributed by atoms with E-state index in [9.17, 15) is 9.59 Å². The summed E-state index contributed by atoms with van der Waals surface area (Å²) in [5, 5.41) is 11.9. The Bertz CT molecular complexity index is 839. The van der Waals surface area contributed by atoms with Crippen molar-refractivity contribution in [2.75, 3.05) is 11.9 Å². The third kappa shape index (κ3) is 5.99. The van der Waals surface area contributed by atoms with Crippen LogP contribution in [0.3, 0.4) is 0 Å². The van der Waals surface area contributed by atoms with E-state index in [0.29, 0.717) is 11.6 Å². The first-order valence-electron chi connectivity index (χ1n) is 8.73. The third-order valence-corrected chi connectivity index (χ3v) is 4.04. The van der Waals surface area contributed by atoms with Crippen molar-refractivity contribution >= 4 is 23.3 Å². The van der Waals surface area contributed by atoms with Gasteiger partial charge in [-0.15, -0.1) is 0 Å². The van der Waals surface area contributed by atoms with Gasteiger partial charge in [-0.2, -0.15) is 0 Å². The van der Waals surface area contributed by atoms with Crippen molar-refractivity contribution in [2.45, 2.75) is 39.7 Å². The number of hydrogen-bond donors (Lipinski definition) is 3. The van der Waals surface area contributed by atoms with Crippen molar-refractivity contribution in [1.82, 2.24) is 15.8 Å². The van der Waals surface area contributed by atoms with Gasteiger partial charge in [0.25, 0.3) is 0 Å². The second-order valence-corrected chi connectivity index (χ2v) is 6.99. The molecule has 0 radical (unpaired) electrons. The predicted octanol–water partition coefficient (Wildman–Crippen LogP) is 3.58. The molecule has 1 heterocycles. The van der Waals surface area contributed by atoms with Crippen molar-refractivity contribution in [3.05, 3.63) is 53.8 Å². The molecule has 3 amide bonds. The molecule has 0 saturated heterocycles. The summed E-state index contributed by atoms with van der Waals surface area (Å²) in [6, 6.07) is 9.18. The summed E-state index contributed by atoms with van der Waals surface area (Å²) in [5.41, 5.74) is 2.39. The SMILES string of the molecule is C=C(C)c1cccc(C(C)(C)NC(=O)NCCC(=O)Nc2cc(C)on2)c1. The van der Waals surface area contributed by atoms with Gasteiger partial charge >= 0.3 is 6.03 Å². The Labute approximate surface area is 159 Å². The summed E-state index contributed by atoms with van der Waals surface area (Å²) in [6.45, 7) is 11.7. The zero-order valence-electron chi connectivity index (χ0n) is 16.2. The number of allylic oxidation sites excluding steroid dienone is 1. The smallest absolute Gasteiger partial charge is 0.315 e. The van der Waals surface area contributed by atoms with Crippen LogP contribution in [0.2, 0.25) is 0 Å². The Hall–Kier alpha value is -3.09. The monoisotopic (exact) mass is 370 g/mol. The maximum absolute atomic E-state index is 12.2. The summed E-state index contributed by atoms with van der Waals surface area (Å²) >= 11 is 0. The largest absolute Gasteiger partial charge is 0.360 e. The molecular formula is C20H26N4O3.